The van der Waals surface area contributed by atoms with Gasteiger partial charge in [-0.3, -0.25) is 9.38 Å². The van der Waals surface area contributed by atoms with Crippen LogP contribution in [-0.2, 0) is 0 Å². The van der Waals surface area contributed by atoms with Crippen LogP contribution in [0.5, 0.6) is 5.75 Å². The Labute approximate surface area is 174 Å². The number of pyridine rings is 1. The Kier molecular flexibility index (Phi) is 3.97. The van der Waals surface area contributed by atoms with Crippen LogP contribution in [0.25, 0.3) is 17.0 Å². The number of nitrogens with zero attached hydrogens (tertiary/aromatic N) is 5. The first kappa shape index (κ1) is 17.4. The minimum absolute atomic E-state index is 0.232. The Morgan fingerprint density at radius 1 is 0.900 bits per heavy atom. The lowest BCUT2D eigenvalue weighted by molar-refractivity contribution is 0.355. The summed E-state index contributed by atoms with van der Waals surface area (Å²) in [5.41, 5.74) is 2.89. The fourth-order valence-electron chi connectivity index (χ4n) is 5.40. The van der Waals surface area contributed by atoms with Gasteiger partial charge in [-0.1, -0.05) is 12.1 Å². The molecule has 2 aliphatic rings. The van der Waals surface area contributed by atoms with Crippen LogP contribution in [0, 0.1) is 11.8 Å². The first-order valence-corrected chi connectivity index (χ1v) is 10.6. The lowest BCUT2D eigenvalue weighted by Crippen LogP contribution is -2.41. The number of anilines is 1. The van der Waals surface area contributed by atoms with Crippen molar-refractivity contribution >= 4 is 11.6 Å². The van der Waals surface area contributed by atoms with Crippen molar-refractivity contribution in [2.45, 2.75) is 18.8 Å². The number of benzene rings is 1. The van der Waals surface area contributed by atoms with Gasteiger partial charge < -0.3 is 10.0 Å². The molecule has 150 valence electrons. The molecular formula is C24H23N5O. The first-order valence-electron chi connectivity index (χ1n) is 10.6. The van der Waals surface area contributed by atoms with E-state index < -0.39 is 0 Å². The second kappa shape index (κ2) is 6.83. The van der Waals surface area contributed by atoms with E-state index >= 15 is 0 Å². The van der Waals surface area contributed by atoms with Gasteiger partial charge in [-0.25, -0.2) is 4.98 Å². The second-order valence-electron chi connectivity index (χ2n) is 8.45. The largest absolute Gasteiger partial charge is 0.507 e. The third-order valence-corrected chi connectivity index (χ3v) is 6.74. The summed E-state index contributed by atoms with van der Waals surface area (Å²) in [7, 11) is 0. The molecule has 6 nitrogen and oxygen atoms in total. The molecule has 3 aromatic heterocycles. The Balaban J connectivity index is 1.29. The van der Waals surface area contributed by atoms with Gasteiger partial charge in [0.25, 0.3) is 0 Å². The van der Waals surface area contributed by atoms with Crippen molar-refractivity contribution in [3.8, 4) is 17.0 Å². The quantitative estimate of drug-likeness (QED) is 0.563. The maximum atomic E-state index is 10.1. The maximum Gasteiger partial charge on any atom is 0.236 e. The molecule has 1 aromatic carbocycles. The Morgan fingerprint density at radius 2 is 1.67 bits per heavy atom. The number of hydrogen-bond donors (Lipinski definition) is 1. The van der Waals surface area contributed by atoms with Crippen LogP contribution >= 0.6 is 0 Å². The monoisotopic (exact) mass is 397 g/mol. The van der Waals surface area contributed by atoms with Crippen LogP contribution in [0.2, 0.25) is 0 Å². The fraction of sp³-hybridized carbons (Fsp3) is 0.292. The summed E-state index contributed by atoms with van der Waals surface area (Å²) in [4.78, 5) is 16.1. The molecule has 2 fully saturated rings. The standard InChI is InChI=1S/C24H23N5O/c30-21-4-2-1-3-19(21)20-15-28-12-9-22(27-24(28)26-20)29-13-17-5-6-18(14-29)23(17)16-7-10-25-11-8-16/h1-4,7-12,15,17-18,23,30H,5-6,13-14H2. The zero-order chi connectivity index (χ0) is 20.1. The van der Waals surface area contributed by atoms with E-state index in [4.69, 9.17) is 4.98 Å². The Hall–Kier alpha value is -3.41. The van der Waals surface area contributed by atoms with E-state index in [0.717, 1.165) is 30.2 Å². The van der Waals surface area contributed by atoms with Crippen molar-refractivity contribution in [1.29, 1.82) is 0 Å². The topological polar surface area (TPSA) is 66.6 Å². The van der Waals surface area contributed by atoms with E-state index in [1.807, 2.05) is 47.4 Å². The minimum Gasteiger partial charge on any atom is -0.507 e. The van der Waals surface area contributed by atoms with E-state index in [9.17, 15) is 5.11 Å². The molecular weight excluding hydrogens is 374 g/mol. The average Bonchev–Trinajstić information content (AvgIpc) is 3.32. The highest BCUT2D eigenvalue weighted by molar-refractivity contribution is 5.68. The number of fused-ring (bicyclic) bond motifs is 3. The number of phenols is 1. The highest BCUT2D eigenvalue weighted by atomic mass is 16.3. The highest BCUT2D eigenvalue weighted by Gasteiger charge is 2.43. The van der Waals surface area contributed by atoms with Crippen LogP contribution < -0.4 is 4.90 Å². The summed E-state index contributed by atoms with van der Waals surface area (Å²) in [5, 5.41) is 10.1. The number of rotatable bonds is 3. The first-order chi connectivity index (χ1) is 14.8. The van der Waals surface area contributed by atoms with Crippen molar-refractivity contribution in [1.82, 2.24) is 19.4 Å². The Morgan fingerprint density at radius 3 is 2.43 bits per heavy atom. The summed E-state index contributed by atoms with van der Waals surface area (Å²) < 4.78 is 1.92. The summed E-state index contributed by atoms with van der Waals surface area (Å²) in [6, 6.07) is 13.7. The van der Waals surface area contributed by atoms with Crippen LogP contribution in [0.15, 0.2) is 67.3 Å². The molecule has 1 saturated carbocycles. The molecule has 2 unspecified atom stereocenters. The summed E-state index contributed by atoms with van der Waals surface area (Å²) in [6.45, 7) is 2.05. The zero-order valence-electron chi connectivity index (χ0n) is 16.6. The molecule has 1 saturated heterocycles. The maximum absolute atomic E-state index is 10.1. The van der Waals surface area contributed by atoms with Crippen molar-refractivity contribution in [2.24, 2.45) is 11.8 Å². The summed E-state index contributed by atoms with van der Waals surface area (Å²) in [6.07, 6.45) is 10.3. The van der Waals surface area contributed by atoms with Crippen molar-refractivity contribution in [2.75, 3.05) is 18.0 Å². The fourth-order valence-corrected chi connectivity index (χ4v) is 5.40. The van der Waals surface area contributed by atoms with E-state index in [-0.39, 0.29) is 5.75 Å². The molecule has 6 rings (SSSR count). The molecule has 2 bridgehead atoms. The molecule has 0 amide bonds. The molecule has 4 heterocycles. The SMILES string of the molecule is Oc1ccccc1-c1cn2ccc(N3CC4CCC(C3)C4c3ccncc3)nc2n1. The van der Waals surface area contributed by atoms with Gasteiger partial charge in [0.1, 0.15) is 11.6 Å². The van der Waals surface area contributed by atoms with Gasteiger partial charge in [0, 0.05) is 43.4 Å². The van der Waals surface area contributed by atoms with Crippen LogP contribution in [-0.4, -0.2) is 37.5 Å². The molecule has 6 heteroatoms. The van der Waals surface area contributed by atoms with Gasteiger partial charge >= 0.3 is 0 Å². The molecule has 0 radical (unpaired) electrons. The molecule has 1 N–H and O–H groups in total. The number of aromatic hydroxyl groups is 1. The van der Waals surface area contributed by atoms with Crippen molar-refractivity contribution in [3.05, 3.63) is 72.8 Å². The number of piperidine rings is 1. The molecule has 2 atom stereocenters. The number of phenolic OH excluding ortho intramolecular Hbond substituents is 1. The number of aromatic nitrogens is 4. The third-order valence-electron chi connectivity index (χ3n) is 6.74. The average molecular weight is 397 g/mol. The predicted molar refractivity (Wildman–Crippen MR) is 115 cm³/mol. The summed E-state index contributed by atoms with van der Waals surface area (Å²) in [5.74, 6) is 3.82. The Bertz CT molecular complexity index is 1190. The molecule has 0 spiro atoms. The van der Waals surface area contributed by atoms with Gasteiger partial charge in [0.15, 0.2) is 0 Å². The lowest BCUT2D eigenvalue weighted by atomic mass is 9.80. The van der Waals surface area contributed by atoms with Crippen molar-refractivity contribution in [3.63, 3.8) is 0 Å². The molecule has 1 aliphatic carbocycles. The van der Waals surface area contributed by atoms with Crippen molar-refractivity contribution < 1.29 is 5.11 Å². The van der Waals surface area contributed by atoms with Crippen LogP contribution in [0.3, 0.4) is 0 Å². The highest BCUT2D eigenvalue weighted by Crippen LogP contribution is 2.48. The van der Waals surface area contributed by atoms with Gasteiger partial charge in [-0.05, 0) is 66.5 Å². The van der Waals surface area contributed by atoms with E-state index in [1.54, 1.807) is 6.07 Å². The van der Waals surface area contributed by atoms with E-state index in [1.165, 1.54) is 18.4 Å². The van der Waals surface area contributed by atoms with Gasteiger partial charge in [-0.15, -0.1) is 0 Å². The zero-order valence-corrected chi connectivity index (χ0v) is 16.6. The molecule has 1 aliphatic heterocycles. The second-order valence-corrected chi connectivity index (χ2v) is 8.45. The molecule has 30 heavy (non-hydrogen) atoms. The van der Waals surface area contributed by atoms with Gasteiger partial charge in [0.05, 0.1) is 5.69 Å². The lowest BCUT2D eigenvalue weighted by Gasteiger charge is -2.39. The van der Waals surface area contributed by atoms with E-state index in [0.29, 0.717) is 23.5 Å². The van der Waals surface area contributed by atoms with Gasteiger partial charge in [-0.2, -0.15) is 4.98 Å². The minimum atomic E-state index is 0.232. The third kappa shape index (κ3) is 2.83. The predicted octanol–water partition coefficient (Wildman–Crippen LogP) is 4.13. The van der Waals surface area contributed by atoms with Gasteiger partial charge in [0.2, 0.25) is 5.78 Å². The summed E-state index contributed by atoms with van der Waals surface area (Å²) >= 11 is 0. The normalized spacial score (nSPS) is 23.2. The van der Waals surface area contributed by atoms with Crippen LogP contribution in [0.1, 0.15) is 24.3 Å². The van der Waals surface area contributed by atoms with E-state index in [2.05, 4.69) is 33.1 Å². The number of hydrogen-bond acceptors (Lipinski definition) is 5. The number of para-hydroxylation sites is 1. The number of imidazole rings is 1. The molecule has 4 aromatic rings. The van der Waals surface area contributed by atoms with Crippen LogP contribution in [0.4, 0.5) is 5.82 Å². The smallest absolute Gasteiger partial charge is 0.236 e.